The highest BCUT2D eigenvalue weighted by atomic mass is 19.1. The highest BCUT2D eigenvalue weighted by Crippen LogP contribution is 2.45. The number of hydrogen-bond acceptors (Lipinski definition) is 1. The van der Waals surface area contributed by atoms with Gasteiger partial charge >= 0.3 is 0 Å². The van der Waals surface area contributed by atoms with Gasteiger partial charge in [0, 0.05) is 6.92 Å². The van der Waals surface area contributed by atoms with E-state index in [-0.39, 0.29) is 17.3 Å². The Balaban J connectivity index is 2.26. The smallest absolute Gasteiger partial charge is 0.217 e. The molecule has 1 N–H and O–H groups in total. The van der Waals surface area contributed by atoms with Gasteiger partial charge in [0.05, 0.1) is 5.54 Å². The largest absolute Gasteiger partial charge is 0.347 e. The van der Waals surface area contributed by atoms with Crippen LogP contribution in [0.2, 0.25) is 0 Å². The van der Waals surface area contributed by atoms with Crippen LogP contribution in [-0.2, 0) is 10.3 Å². The number of benzene rings is 1. The molecule has 0 unspecified atom stereocenters. The van der Waals surface area contributed by atoms with E-state index in [9.17, 15) is 9.18 Å². The van der Waals surface area contributed by atoms with E-state index in [1.807, 2.05) is 6.07 Å². The quantitative estimate of drug-likeness (QED) is 0.764. The fourth-order valence-electron chi connectivity index (χ4n) is 1.73. The number of rotatable bonds is 2. The lowest BCUT2D eigenvalue weighted by Gasteiger charge is -2.16. The van der Waals surface area contributed by atoms with Gasteiger partial charge < -0.3 is 5.32 Å². The maximum atomic E-state index is 13.0. The molecule has 1 aliphatic rings. The molecule has 1 fully saturated rings. The topological polar surface area (TPSA) is 29.1 Å². The molecule has 0 bridgehead atoms. The van der Waals surface area contributed by atoms with Crippen molar-refractivity contribution < 1.29 is 9.18 Å². The molecular weight excluding hydrogens is 181 g/mol. The Kier molecular flexibility index (Phi) is 2.02. The molecule has 0 spiro atoms. The van der Waals surface area contributed by atoms with Crippen molar-refractivity contribution in [2.75, 3.05) is 0 Å². The van der Waals surface area contributed by atoms with Gasteiger partial charge in [0.2, 0.25) is 5.91 Å². The summed E-state index contributed by atoms with van der Waals surface area (Å²) in [7, 11) is 0. The van der Waals surface area contributed by atoms with E-state index in [4.69, 9.17) is 0 Å². The lowest BCUT2D eigenvalue weighted by molar-refractivity contribution is -0.120. The van der Waals surface area contributed by atoms with Crippen molar-refractivity contribution in [2.45, 2.75) is 25.3 Å². The number of amides is 1. The standard InChI is InChI=1S/C11H12FNO/c1-8(14)13-11(5-6-11)9-3-2-4-10(12)7-9/h2-4,7H,5-6H2,1H3,(H,13,14). The summed E-state index contributed by atoms with van der Waals surface area (Å²) in [5.74, 6) is -0.314. The summed E-state index contributed by atoms with van der Waals surface area (Å²) in [4.78, 5) is 11.0. The fourth-order valence-corrected chi connectivity index (χ4v) is 1.73. The average molecular weight is 193 g/mol. The van der Waals surface area contributed by atoms with E-state index in [2.05, 4.69) is 5.32 Å². The van der Waals surface area contributed by atoms with Gasteiger partial charge in [0.1, 0.15) is 5.82 Å². The minimum Gasteiger partial charge on any atom is -0.347 e. The molecule has 0 heterocycles. The number of nitrogens with one attached hydrogen (secondary N) is 1. The number of carbonyl (C=O) groups is 1. The van der Waals surface area contributed by atoms with Gasteiger partial charge in [-0.05, 0) is 30.5 Å². The number of carbonyl (C=O) groups excluding carboxylic acids is 1. The van der Waals surface area contributed by atoms with Gasteiger partial charge in [-0.2, -0.15) is 0 Å². The lowest BCUT2D eigenvalue weighted by Crippen LogP contribution is -2.32. The van der Waals surface area contributed by atoms with Crippen LogP contribution in [0.15, 0.2) is 24.3 Å². The summed E-state index contributed by atoms with van der Waals surface area (Å²) >= 11 is 0. The summed E-state index contributed by atoms with van der Waals surface area (Å²) in [5, 5.41) is 2.87. The van der Waals surface area contributed by atoms with Crippen LogP contribution in [0, 0.1) is 5.82 Å². The second-order valence-corrected chi connectivity index (χ2v) is 3.77. The molecule has 3 heteroatoms. The van der Waals surface area contributed by atoms with Crippen LogP contribution in [0.1, 0.15) is 25.3 Å². The molecule has 1 aromatic carbocycles. The summed E-state index contributed by atoms with van der Waals surface area (Å²) in [5.41, 5.74) is 0.584. The summed E-state index contributed by atoms with van der Waals surface area (Å²) in [6, 6.07) is 6.43. The number of hydrogen-bond donors (Lipinski definition) is 1. The maximum absolute atomic E-state index is 13.0. The second-order valence-electron chi connectivity index (χ2n) is 3.77. The van der Waals surface area contributed by atoms with Gasteiger partial charge in [0.15, 0.2) is 0 Å². The fraction of sp³-hybridized carbons (Fsp3) is 0.364. The van der Waals surface area contributed by atoms with E-state index in [0.717, 1.165) is 18.4 Å². The monoisotopic (exact) mass is 193 g/mol. The molecule has 1 aromatic rings. The summed E-state index contributed by atoms with van der Waals surface area (Å²) < 4.78 is 13.0. The normalized spacial score (nSPS) is 17.6. The zero-order chi connectivity index (χ0) is 10.2. The molecule has 1 aliphatic carbocycles. The van der Waals surface area contributed by atoms with Crippen LogP contribution in [0.3, 0.4) is 0 Å². The van der Waals surface area contributed by atoms with E-state index in [0.29, 0.717) is 0 Å². The van der Waals surface area contributed by atoms with Crippen molar-refractivity contribution in [3.8, 4) is 0 Å². The SMILES string of the molecule is CC(=O)NC1(c2cccc(F)c2)CC1. The molecule has 1 saturated carbocycles. The van der Waals surface area contributed by atoms with Gasteiger partial charge in [-0.15, -0.1) is 0 Å². The number of halogens is 1. The molecule has 14 heavy (non-hydrogen) atoms. The Morgan fingerprint density at radius 1 is 1.50 bits per heavy atom. The van der Waals surface area contributed by atoms with Crippen LogP contribution in [0.25, 0.3) is 0 Å². The Bertz CT molecular complexity index is 371. The highest BCUT2D eigenvalue weighted by Gasteiger charge is 2.45. The van der Waals surface area contributed by atoms with Gasteiger partial charge in [-0.1, -0.05) is 12.1 Å². The third kappa shape index (κ3) is 1.62. The minimum atomic E-state index is -0.284. The predicted molar refractivity (Wildman–Crippen MR) is 51.1 cm³/mol. The van der Waals surface area contributed by atoms with E-state index < -0.39 is 0 Å². The first-order valence-corrected chi connectivity index (χ1v) is 4.67. The first-order chi connectivity index (χ1) is 6.62. The molecule has 2 rings (SSSR count). The van der Waals surface area contributed by atoms with Crippen LogP contribution < -0.4 is 5.32 Å². The highest BCUT2D eigenvalue weighted by molar-refractivity contribution is 5.74. The predicted octanol–water partition coefficient (Wildman–Crippen LogP) is 1.95. The van der Waals surface area contributed by atoms with E-state index >= 15 is 0 Å². The maximum Gasteiger partial charge on any atom is 0.217 e. The van der Waals surface area contributed by atoms with Crippen molar-refractivity contribution in [3.05, 3.63) is 35.6 Å². The zero-order valence-electron chi connectivity index (χ0n) is 8.01. The Labute approximate surface area is 82.1 Å². The average Bonchev–Trinajstić information content (AvgIpc) is 2.84. The van der Waals surface area contributed by atoms with Crippen molar-refractivity contribution in [1.29, 1.82) is 0 Å². The molecule has 0 radical (unpaired) electrons. The molecule has 0 atom stereocenters. The Hall–Kier alpha value is -1.38. The van der Waals surface area contributed by atoms with Gasteiger partial charge in [-0.3, -0.25) is 4.79 Å². The van der Waals surface area contributed by atoms with Crippen molar-refractivity contribution in [3.63, 3.8) is 0 Å². The van der Waals surface area contributed by atoms with Crippen LogP contribution in [-0.4, -0.2) is 5.91 Å². The molecule has 1 amide bonds. The van der Waals surface area contributed by atoms with Gasteiger partial charge in [-0.25, -0.2) is 4.39 Å². The van der Waals surface area contributed by atoms with Crippen molar-refractivity contribution >= 4 is 5.91 Å². The second kappa shape index (κ2) is 3.08. The zero-order valence-corrected chi connectivity index (χ0v) is 8.01. The van der Waals surface area contributed by atoms with Crippen LogP contribution in [0.5, 0.6) is 0 Å². The summed E-state index contributed by atoms with van der Waals surface area (Å²) in [6.45, 7) is 1.49. The van der Waals surface area contributed by atoms with Crippen LogP contribution in [0.4, 0.5) is 4.39 Å². The summed E-state index contributed by atoms with van der Waals surface area (Å²) in [6.07, 6.45) is 1.80. The Morgan fingerprint density at radius 3 is 2.71 bits per heavy atom. The third-order valence-electron chi connectivity index (χ3n) is 2.54. The molecule has 0 aliphatic heterocycles. The van der Waals surface area contributed by atoms with Gasteiger partial charge in [0.25, 0.3) is 0 Å². The molecule has 2 nitrogen and oxygen atoms in total. The lowest BCUT2D eigenvalue weighted by atomic mass is 10.0. The molecule has 0 saturated heterocycles. The third-order valence-corrected chi connectivity index (χ3v) is 2.54. The van der Waals surface area contributed by atoms with Crippen LogP contribution >= 0.6 is 0 Å². The minimum absolute atomic E-state index is 0.0632. The van der Waals surface area contributed by atoms with Crippen molar-refractivity contribution in [2.24, 2.45) is 0 Å². The first-order valence-electron chi connectivity index (χ1n) is 4.67. The first kappa shape index (κ1) is 9.19. The van der Waals surface area contributed by atoms with E-state index in [1.165, 1.54) is 19.1 Å². The molecule has 74 valence electrons. The van der Waals surface area contributed by atoms with E-state index in [1.54, 1.807) is 6.07 Å². The Morgan fingerprint density at radius 2 is 2.21 bits per heavy atom. The molecule has 0 aromatic heterocycles. The molecular formula is C11H12FNO. The van der Waals surface area contributed by atoms with Crippen molar-refractivity contribution in [1.82, 2.24) is 5.32 Å².